The molecular weight excluding hydrogens is 289 g/mol. The van der Waals surface area contributed by atoms with Gasteiger partial charge in [0.05, 0.1) is 24.7 Å². The molecule has 0 aliphatic rings. The average molecular weight is 301 g/mol. The minimum Gasteiger partial charge on any atom is -0.493 e. The van der Waals surface area contributed by atoms with Gasteiger partial charge in [-0.1, -0.05) is 0 Å². The largest absolute Gasteiger partial charge is 0.493 e. The molecule has 22 heavy (non-hydrogen) atoms. The van der Waals surface area contributed by atoms with Crippen molar-refractivity contribution in [2.24, 2.45) is 0 Å². The number of carboxylic acids is 1. The zero-order valence-corrected chi connectivity index (χ0v) is 11.5. The zero-order valence-electron chi connectivity index (χ0n) is 11.5. The van der Waals surface area contributed by atoms with E-state index in [9.17, 15) is 9.18 Å². The van der Waals surface area contributed by atoms with Gasteiger partial charge in [-0.25, -0.2) is 4.39 Å². The summed E-state index contributed by atoms with van der Waals surface area (Å²) in [5.41, 5.74) is 0.215. The van der Waals surface area contributed by atoms with E-state index in [0.717, 1.165) is 6.07 Å². The van der Waals surface area contributed by atoms with E-state index >= 15 is 0 Å². The molecule has 0 amide bonds. The molecule has 0 heterocycles. The van der Waals surface area contributed by atoms with Crippen LogP contribution in [-0.2, 0) is 4.79 Å². The highest BCUT2D eigenvalue weighted by atomic mass is 19.1. The Morgan fingerprint density at radius 2 is 1.86 bits per heavy atom. The van der Waals surface area contributed by atoms with E-state index in [-0.39, 0.29) is 24.3 Å². The number of hydrogen-bond acceptors (Lipinski definition) is 4. The first-order chi connectivity index (χ1) is 10.6. The molecule has 0 atom stereocenters. The maximum absolute atomic E-state index is 13.7. The second-order valence-electron chi connectivity index (χ2n) is 4.32. The van der Waals surface area contributed by atoms with Crippen molar-refractivity contribution < 1.29 is 23.8 Å². The molecule has 2 rings (SSSR count). The molecule has 0 saturated heterocycles. The minimum atomic E-state index is -0.934. The summed E-state index contributed by atoms with van der Waals surface area (Å²) in [5, 5.41) is 17.2. The predicted molar refractivity (Wildman–Crippen MR) is 75.4 cm³/mol. The van der Waals surface area contributed by atoms with E-state index < -0.39 is 11.8 Å². The lowest BCUT2D eigenvalue weighted by Gasteiger charge is -2.08. The molecule has 0 fully saturated rings. The predicted octanol–water partition coefficient (Wildman–Crippen LogP) is 3.34. The number of aliphatic carboxylic acids is 1. The van der Waals surface area contributed by atoms with Crippen molar-refractivity contribution in [2.75, 3.05) is 6.61 Å². The van der Waals surface area contributed by atoms with Crippen LogP contribution in [0.25, 0.3) is 0 Å². The molecule has 0 radical (unpaired) electrons. The summed E-state index contributed by atoms with van der Waals surface area (Å²) >= 11 is 0. The van der Waals surface area contributed by atoms with Gasteiger partial charge < -0.3 is 14.6 Å². The molecule has 6 heteroatoms. The van der Waals surface area contributed by atoms with Gasteiger partial charge in [-0.3, -0.25) is 4.79 Å². The summed E-state index contributed by atoms with van der Waals surface area (Å²) in [6.45, 7) is 0.0692. The van der Waals surface area contributed by atoms with Gasteiger partial charge in [-0.2, -0.15) is 5.26 Å². The molecule has 0 aliphatic carbocycles. The van der Waals surface area contributed by atoms with Gasteiger partial charge >= 0.3 is 5.97 Å². The summed E-state index contributed by atoms with van der Waals surface area (Å²) in [4.78, 5) is 10.4. The van der Waals surface area contributed by atoms with Crippen LogP contribution in [0, 0.1) is 17.1 Å². The maximum Gasteiger partial charge on any atom is 0.306 e. The number of halogens is 1. The van der Waals surface area contributed by atoms with Crippen LogP contribution >= 0.6 is 0 Å². The van der Waals surface area contributed by atoms with Crippen LogP contribution in [0.4, 0.5) is 4.39 Å². The van der Waals surface area contributed by atoms with Crippen molar-refractivity contribution in [2.45, 2.75) is 6.42 Å². The Bertz CT molecular complexity index is 707. The van der Waals surface area contributed by atoms with Crippen LogP contribution in [-0.4, -0.2) is 17.7 Å². The number of nitrogens with zero attached hydrogens (tertiary/aromatic N) is 1. The second kappa shape index (κ2) is 7.09. The summed E-state index contributed by atoms with van der Waals surface area (Å²) in [7, 11) is 0. The quantitative estimate of drug-likeness (QED) is 0.885. The molecule has 0 saturated carbocycles. The first-order valence-electron chi connectivity index (χ1n) is 6.40. The third kappa shape index (κ3) is 4.21. The second-order valence-corrected chi connectivity index (χ2v) is 4.32. The Labute approximate surface area is 126 Å². The minimum absolute atomic E-state index is 0.0125. The Morgan fingerprint density at radius 3 is 2.45 bits per heavy atom. The van der Waals surface area contributed by atoms with Crippen molar-refractivity contribution in [1.29, 1.82) is 5.26 Å². The average Bonchev–Trinajstić information content (AvgIpc) is 2.50. The van der Waals surface area contributed by atoms with Crippen LogP contribution in [0.5, 0.6) is 17.2 Å². The van der Waals surface area contributed by atoms with Crippen LogP contribution < -0.4 is 9.47 Å². The topological polar surface area (TPSA) is 79.5 Å². The smallest absolute Gasteiger partial charge is 0.306 e. The van der Waals surface area contributed by atoms with Gasteiger partial charge in [-0.15, -0.1) is 0 Å². The highest BCUT2D eigenvalue weighted by molar-refractivity contribution is 5.66. The van der Waals surface area contributed by atoms with Crippen LogP contribution in [0.1, 0.15) is 12.0 Å². The number of hydrogen-bond donors (Lipinski definition) is 1. The number of nitriles is 1. The standard InChI is InChI=1S/C16H12FNO4/c17-14-9-11(10-18)1-6-15(14)22-13-4-2-12(3-5-13)21-8-7-16(19)20/h1-6,9H,7-8H2,(H,19,20). The number of carboxylic acid groups (broad SMARTS) is 1. The van der Waals surface area contributed by atoms with Crippen molar-refractivity contribution in [1.82, 2.24) is 0 Å². The van der Waals surface area contributed by atoms with E-state index in [4.69, 9.17) is 19.8 Å². The van der Waals surface area contributed by atoms with E-state index in [0.29, 0.717) is 11.5 Å². The fraction of sp³-hybridized carbons (Fsp3) is 0.125. The summed E-state index contributed by atoms with van der Waals surface area (Å²) in [6, 6.07) is 12.1. The third-order valence-corrected chi connectivity index (χ3v) is 2.70. The van der Waals surface area contributed by atoms with Crippen molar-refractivity contribution >= 4 is 5.97 Å². The van der Waals surface area contributed by atoms with Gasteiger partial charge in [0.15, 0.2) is 11.6 Å². The van der Waals surface area contributed by atoms with Gasteiger partial charge in [0.25, 0.3) is 0 Å². The molecular formula is C16H12FNO4. The maximum atomic E-state index is 13.7. The Kier molecular flexibility index (Phi) is 4.94. The number of carbonyl (C=O) groups is 1. The molecule has 1 N–H and O–H groups in total. The fourth-order valence-electron chi connectivity index (χ4n) is 1.64. The molecule has 0 unspecified atom stereocenters. The van der Waals surface area contributed by atoms with E-state index in [1.165, 1.54) is 12.1 Å². The first kappa shape index (κ1) is 15.3. The fourth-order valence-corrected chi connectivity index (χ4v) is 1.64. The molecule has 2 aromatic rings. The van der Waals surface area contributed by atoms with Gasteiger partial charge in [0.1, 0.15) is 11.5 Å². The lowest BCUT2D eigenvalue weighted by molar-refractivity contribution is -0.137. The Morgan fingerprint density at radius 1 is 1.18 bits per heavy atom. The van der Waals surface area contributed by atoms with Gasteiger partial charge in [0, 0.05) is 0 Å². The van der Waals surface area contributed by atoms with E-state index in [1.54, 1.807) is 24.3 Å². The van der Waals surface area contributed by atoms with Gasteiger partial charge in [-0.05, 0) is 42.5 Å². The lowest BCUT2D eigenvalue weighted by Crippen LogP contribution is -2.04. The first-order valence-corrected chi connectivity index (χ1v) is 6.40. The Balaban J connectivity index is 1.99. The van der Waals surface area contributed by atoms with Crippen molar-refractivity contribution in [3.05, 3.63) is 53.8 Å². The van der Waals surface area contributed by atoms with Crippen LogP contribution in [0.2, 0.25) is 0 Å². The molecule has 2 aromatic carbocycles. The van der Waals surface area contributed by atoms with E-state index in [1.807, 2.05) is 6.07 Å². The Hall–Kier alpha value is -3.07. The summed E-state index contributed by atoms with van der Waals surface area (Å²) < 4.78 is 24.3. The molecule has 0 aromatic heterocycles. The summed E-state index contributed by atoms with van der Waals surface area (Å²) in [5.74, 6) is -0.654. The van der Waals surface area contributed by atoms with Gasteiger partial charge in [0.2, 0.25) is 0 Å². The van der Waals surface area contributed by atoms with Crippen molar-refractivity contribution in [3.8, 4) is 23.3 Å². The molecule has 0 bridgehead atoms. The van der Waals surface area contributed by atoms with E-state index in [2.05, 4.69) is 0 Å². The lowest BCUT2D eigenvalue weighted by atomic mass is 10.2. The third-order valence-electron chi connectivity index (χ3n) is 2.70. The van der Waals surface area contributed by atoms with Crippen LogP contribution in [0.3, 0.4) is 0 Å². The molecule has 112 valence electrons. The van der Waals surface area contributed by atoms with Crippen LogP contribution in [0.15, 0.2) is 42.5 Å². The molecule has 0 aliphatic heterocycles. The molecule has 0 spiro atoms. The number of ether oxygens (including phenoxy) is 2. The summed E-state index contributed by atoms with van der Waals surface area (Å²) in [6.07, 6.45) is -0.0886. The highest BCUT2D eigenvalue weighted by Gasteiger charge is 2.06. The normalized spacial score (nSPS) is 9.82. The SMILES string of the molecule is N#Cc1ccc(Oc2ccc(OCCC(=O)O)cc2)c(F)c1. The monoisotopic (exact) mass is 301 g/mol. The number of benzene rings is 2. The van der Waals surface area contributed by atoms with Crippen molar-refractivity contribution in [3.63, 3.8) is 0 Å². The molecule has 5 nitrogen and oxygen atoms in total. The zero-order chi connectivity index (χ0) is 15.9. The number of rotatable bonds is 6. The highest BCUT2D eigenvalue weighted by Crippen LogP contribution is 2.26.